The van der Waals surface area contributed by atoms with Crippen LogP contribution in [0, 0.1) is 0 Å². The highest BCUT2D eigenvalue weighted by molar-refractivity contribution is 5.93. The van der Waals surface area contributed by atoms with E-state index in [4.69, 9.17) is 0 Å². The number of aryl methyl sites for hydroxylation is 1. The van der Waals surface area contributed by atoms with Crippen LogP contribution in [0.25, 0.3) is 0 Å². The Kier molecular flexibility index (Phi) is 3.45. The van der Waals surface area contributed by atoms with Crippen LogP contribution in [0.15, 0.2) is 18.2 Å². The van der Waals surface area contributed by atoms with Crippen molar-refractivity contribution in [3.05, 3.63) is 29.3 Å². The highest BCUT2D eigenvalue weighted by atomic mass is 16.1. The van der Waals surface area contributed by atoms with E-state index in [1.807, 2.05) is 27.2 Å². The van der Waals surface area contributed by atoms with Gasteiger partial charge in [-0.05, 0) is 44.8 Å². The Bertz CT molecular complexity index is 429. The van der Waals surface area contributed by atoms with Gasteiger partial charge in [0.25, 0.3) is 0 Å². The number of hydrogen-bond acceptors (Lipinski definition) is 3. The van der Waals surface area contributed by atoms with Gasteiger partial charge < -0.3 is 10.6 Å². The molecule has 92 valence electrons. The number of carbonyl (C=O) groups excluding carboxylic acids is 1. The Morgan fingerprint density at radius 1 is 1.35 bits per heavy atom. The van der Waals surface area contributed by atoms with Crippen LogP contribution in [0.5, 0.6) is 0 Å². The molecule has 1 aliphatic rings. The number of nitrogens with zero attached hydrogens (tertiary/aromatic N) is 1. The highest BCUT2D eigenvalue weighted by Gasteiger charge is 2.17. The fourth-order valence-electron chi connectivity index (χ4n) is 2.30. The van der Waals surface area contributed by atoms with Crippen molar-refractivity contribution >= 4 is 11.6 Å². The SMILES string of the molecule is CNC(c1ccc2c(c1)CCC(=O)N2)N(C)C. The number of nitrogens with one attached hydrogen (secondary N) is 2. The molecule has 1 amide bonds. The van der Waals surface area contributed by atoms with E-state index in [-0.39, 0.29) is 12.1 Å². The summed E-state index contributed by atoms with van der Waals surface area (Å²) in [4.78, 5) is 13.4. The summed E-state index contributed by atoms with van der Waals surface area (Å²) in [6.45, 7) is 0. The monoisotopic (exact) mass is 233 g/mol. The minimum atomic E-state index is 0.114. The lowest BCUT2D eigenvalue weighted by molar-refractivity contribution is -0.116. The fourth-order valence-corrected chi connectivity index (χ4v) is 2.30. The lowest BCUT2D eigenvalue weighted by atomic mass is 9.99. The van der Waals surface area contributed by atoms with Gasteiger partial charge in [-0.1, -0.05) is 12.1 Å². The minimum absolute atomic E-state index is 0.114. The number of carbonyl (C=O) groups is 1. The topological polar surface area (TPSA) is 44.4 Å². The Hall–Kier alpha value is -1.39. The van der Waals surface area contributed by atoms with Gasteiger partial charge >= 0.3 is 0 Å². The summed E-state index contributed by atoms with van der Waals surface area (Å²) in [5.41, 5.74) is 3.41. The van der Waals surface area contributed by atoms with E-state index < -0.39 is 0 Å². The number of rotatable bonds is 3. The summed E-state index contributed by atoms with van der Waals surface area (Å²) < 4.78 is 0. The first-order chi connectivity index (χ1) is 8.11. The van der Waals surface area contributed by atoms with Crippen molar-refractivity contribution in [2.24, 2.45) is 0 Å². The molecule has 1 aliphatic heterocycles. The van der Waals surface area contributed by atoms with Crippen LogP contribution in [0.2, 0.25) is 0 Å². The maximum atomic E-state index is 11.3. The molecule has 2 rings (SSSR count). The highest BCUT2D eigenvalue weighted by Crippen LogP contribution is 2.26. The van der Waals surface area contributed by atoms with E-state index in [1.54, 1.807) is 0 Å². The van der Waals surface area contributed by atoms with Gasteiger partial charge in [0.05, 0.1) is 6.17 Å². The maximum Gasteiger partial charge on any atom is 0.224 e. The Labute approximate surface area is 102 Å². The number of benzene rings is 1. The molecular weight excluding hydrogens is 214 g/mol. The first-order valence-electron chi connectivity index (χ1n) is 5.88. The third-order valence-corrected chi connectivity index (χ3v) is 3.13. The summed E-state index contributed by atoms with van der Waals surface area (Å²) in [6.07, 6.45) is 1.62. The van der Waals surface area contributed by atoms with E-state index >= 15 is 0 Å². The Morgan fingerprint density at radius 3 is 2.76 bits per heavy atom. The number of fused-ring (bicyclic) bond motifs is 1. The molecule has 0 radical (unpaired) electrons. The van der Waals surface area contributed by atoms with Crippen molar-refractivity contribution in [3.63, 3.8) is 0 Å². The van der Waals surface area contributed by atoms with E-state index in [0.29, 0.717) is 6.42 Å². The molecule has 0 aromatic heterocycles. The molecule has 1 unspecified atom stereocenters. The normalized spacial score (nSPS) is 16.6. The molecule has 0 spiro atoms. The first kappa shape index (κ1) is 12.1. The molecule has 0 saturated carbocycles. The van der Waals surface area contributed by atoms with Crippen molar-refractivity contribution in [1.82, 2.24) is 10.2 Å². The van der Waals surface area contributed by atoms with E-state index in [0.717, 1.165) is 12.1 Å². The zero-order chi connectivity index (χ0) is 12.4. The average molecular weight is 233 g/mol. The van der Waals surface area contributed by atoms with Crippen molar-refractivity contribution in [1.29, 1.82) is 0 Å². The molecule has 0 bridgehead atoms. The Balaban J connectivity index is 2.30. The van der Waals surface area contributed by atoms with E-state index in [9.17, 15) is 4.79 Å². The van der Waals surface area contributed by atoms with Gasteiger partial charge in [0.2, 0.25) is 5.91 Å². The third kappa shape index (κ3) is 2.48. The lowest BCUT2D eigenvalue weighted by Crippen LogP contribution is -2.31. The second-order valence-corrected chi connectivity index (χ2v) is 4.62. The van der Waals surface area contributed by atoms with E-state index in [1.165, 1.54) is 11.1 Å². The van der Waals surface area contributed by atoms with Crippen LogP contribution in [0.3, 0.4) is 0 Å². The standard InChI is InChI=1S/C13H19N3O/c1-14-13(16(2)3)10-4-6-11-9(8-10)5-7-12(17)15-11/h4,6,8,13-14H,5,7H2,1-3H3,(H,15,17). The summed E-state index contributed by atoms with van der Waals surface area (Å²) in [7, 11) is 6.04. The third-order valence-electron chi connectivity index (χ3n) is 3.13. The fraction of sp³-hybridized carbons (Fsp3) is 0.462. The molecule has 0 fully saturated rings. The van der Waals surface area contributed by atoms with Crippen molar-refractivity contribution in [2.45, 2.75) is 19.0 Å². The van der Waals surface area contributed by atoms with Crippen LogP contribution < -0.4 is 10.6 Å². The number of hydrogen-bond donors (Lipinski definition) is 2. The van der Waals surface area contributed by atoms with Crippen LogP contribution in [-0.2, 0) is 11.2 Å². The zero-order valence-corrected chi connectivity index (χ0v) is 10.6. The van der Waals surface area contributed by atoms with E-state index in [2.05, 4.69) is 27.7 Å². The molecule has 4 nitrogen and oxygen atoms in total. The number of anilines is 1. The predicted octanol–water partition coefficient (Wildman–Crippen LogP) is 1.35. The molecule has 0 aliphatic carbocycles. The molecule has 1 atom stereocenters. The summed E-state index contributed by atoms with van der Waals surface area (Å²) in [5, 5.41) is 6.17. The number of amides is 1. The average Bonchev–Trinajstić information content (AvgIpc) is 2.29. The van der Waals surface area contributed by atoms with Gasteiger partial charge in [0.15, 0.2) is 0 Å². The quantitative estimate of drug-likeness (QED) is 0.775. The van der Waals surface area contributed by atoms with Gasteiger partial charge in [-0.15, -0.1) is 0 Å². The maximum absolute atomic E-state index is 11.3. The van der Waals surface area contributed by atoms with Gasteiger partial charge in [0.1, 0.15) is 0 Å². The summed E-state index contributed by atoms with van der Waals surface area (Å²) in [5.74, 6) is 0.114. The van der Waals surface area contributed by atoms with Gasteiger partial charge in [-0.2, -0.15) is 0 Å². The largest absolute Gasteiger partial charge is 0.326 e. The van der Waals surface area contributed by atoms with Crippen LogP contribution in [0.1, 0.15) is 23.7 Å². The zero-order valence-electron chi connectivity index (χ0n) is 10.6. The minimum Gasteiger partial charge on any atom is -0.326 e. The molecule has 4 heteroatoms. The second kappa shape index (κ2) is 4.85. The van der Waals surface area contributed by atoms with Crippen molar-refractivity contribution < 1.29 is 4.79 Å². The molecule has 1 aromatic rings. The van der Waals surface area contributed by atoms with Gasteiger partial charge in [-0.25, -0.2) is 0 Å². The van der Waals surface area contributed by atoms with Crippen LogP contribution in [-0.4, -0.2) is 32.0 Å². The lowest BCUT2D eigenvalue weighted by Gasteiger charge is -2.26. The molecule has 17 heavy (non-hydrogen) atoms. The van der Waals surface area contributed by atoms with Crippen LogP contribution >= 0.6 is 0 Å². The van der Waals surface area contributed by atoms with Crippen molar-refractivity contribution in [2.75, 3.05) is 26.5 Å². The van der Waals surface area contributed by atoms with Crippen molar-refractivity contribution in [3.8, 4) is 0 Å². The summed E-state index contributed by atoms with van der Waals surface area (Å²) >= 11 is 0. The molecular formula is C13H19N3O. The Morgan fingerprint density at radius 2 is 2.12 bits per heavy atom. The van der Waals surface area contributed by atoms with Gasteiger partial charge in [0, 0.05) is 12.1 Å². The van der Waals surface area contributed by atoms with Gasteiger partial charge in [-0.3, -0.25) is 9.69 Å². The van der Waals surface area contributed by atoms with Crippen LogP contribution in [0.4, 0.5) is 5.69 Å². The summed E-state index contributed by atoms with van der Waals surface area (Å²) in [6, 6.07) is 6.23. The first-order valence-corrected chi connectivity index (χ1v) is 5.88. The second-order valence-electron chi connectivity index (χ2n) is 4.62. The molecule has 1 heterocycles. The molecule has 1 aromatic carbocycles. The molecule has 0 saturated heterocycles. The smallest absolute Gasteiger partial charge is 0.224 e. The molecule has 2 N–H and O–H groups in total. The predicted molar refractivity (Wildman–Crippen MR) is 68.9 cm³/mol.